The summed E-state index contributed by atoms with van der Waals surface area (Å²) in [4.78, 5) is 10.0. The number of hydrogen-bond donors (Lipinski definition) is 1. The van der Waals surface area contributed by atoms with Crippen LogP contribution < -0.4 is 0 Å². The fourth-order valence-corrected chi connectivity index (χ4v) is 1.34. The van der Waals surface area contributed by atoms with Crippen molar-refractivity contribution in [3.63, 3.8) is 0 Å². The number of rotatable bonds is 4. The van der Waals surface area contributed by atoms with E-state index in [4.69, 9.17) is 5.11 Å². The van der Waals surface area contributed by atoms with E-state index < -0.39 is 11.4 Å². The van der Waals surface area contributed by atoms with Crippen molar-refractivity contribution in [2.24, 2.45) is 5.41 Å². The van der Waals surface area contributed by atoms with Gasteiger partial charge in [0.2, 0.25) is 0 Å². The number of carboxylic acid groups (broad SMARTS) is 1. The maximum atomic E-state index is 10.0. The van der Waals surface area contributed by atoms with E-state index in [1.165, 1.54) is 30.7 Å². The first-order valence-corrected chi connectivity index (χ1v) is 6.27. The molecule has 3 heteroatoms. The molecule has 0 aromatic heterocycles. The zero-order chi connectivity index (χ0) is 13.4. The number of quaternary nitrogens is 1. The molecule has 1 N–H and O–H groups in total. The zero-order valence-corrected chi connectivity index (χ0v) is 12.1. The molecule has 0 aliphatic carbocycles. The largest absolute Gasteiger partial charge is 0.481 e. The molecule has 3 nitrogen and oxygen atoms in total. The Balaban J connectivity index is 0. The van der Waals surface area contributed by atoms with Crippen LogP contribution in [0.4, 0.5) is 0 Å². The number of aliphatic carboxylic acids is 1. The van der Waals surface area contributed by atoms with Gasteiger partial charge in [-0.3, -0.25) is 4.79 Å². The fourth-order valence-electron chi connectivity index (χ4n) is 1.34. The van der Waals surface area contributed by atoms with Crippen LogP contribution in [0.1, 0.15) is 48.5 Å². The maximum absolute atomic E-state index is 10.0. The lowest BCUT2D eigenvalue weighted by atomic mass is 9.98. The molecule has 0 aliphatic heterocycles. The smallest absolute Gasteiger partial charge is 0.308 e. The summed E-state index contributed by atoms with van der Waals surface area (Å²) in [5.74, 6) is -0.757. The highest BCUT2D eigenvalue weighted by atomic mass is 16.4. The Morgan fingerprint density at radius 1 is 0.938 bits per heavy atom. The molecule has 0 radical (unpaired) electrons. The number of hydrogen-bond acceptors (Lipinski definition) is 1. The molecule has 0 bridgehead atoms. The first-order chi connectivity index (χ1) is 7.19. The standard InChI is InChI=1S/C8H20N.C5H10O2/c1-5-9(6-2,7-3)8-4;1-5(2,3)4(6)7/h5-8H2,1-4H3;1-3H3,(H,6,7)/q+1;. The first-order valence-electron chi connectivity index (χ1n) is 6.27. The SMILES string of the molecule is CC(C)(C)C(=O)O.CC[N+](CC)(CC)CC. The molecular weight excluding hydrogens is 202 g/mol. The van der Waals surface area contributed by atoms with Crippen molar-refractivity contribution in [1.29, 1.82) is 0 Å². The Morgan fingerprint density at radius 3 is 1.12 bits per heavy atom. The van der Waals surface area contributed by atoms with Crippen molar-refractivity contribution >= 4 is 5.97 Å². The average molecular weight is 232 g/mol. The molecule has 0 saturated carbocycles. The third-order valence-corrected chi connectivity index (χ3v) is 3.32. The summed E-state index contributed by atoms with van der Waals surface area (Å²) in [7, 11) is 0. The van der Waals surface area contributed by atoms with Gasteiger partial charge in [-0.25, -0.2) is 0 Å². The van der Waals surface area contributed by atoms with E-state index in [0.717, 1.165) is 0 Å². The average Bonchev–Trinajstić information content (AvgIpc) is 2.21. The van der Waals surface area contributed by atoms with E-state index in [9.17, 15) is 4.79 Å². The summed E-state index contributed by atoms with van der Waals surface area (Å²) < 4.78 is 1.28. The highest BCUT2D eigenvalue weighted by Gasteiger charge is 2.18. The molecule has 98 valence electrons. The quantitative estimate of drug-likeness (QED) is 0.757. The Labute approximate surface area is 101 Å². The minimum atomic E-state index is -0.757. The summed E-state index contributed by atoms with van der Waals surface area (Å²) >= 11 is 0. The van der Waals surface area contributed by atoms with Crippen molar-refractivity contribution in [2.45, 2.75) is 48.5 Å². The highest BCUT2D eigenvalue weighted by molar-refractivity contribution is 5.72. The van der Waals surface area contributed by atoms with Gasteiger partial charge in [-0.2, -0.15) is 0 Å². The maximum Gasteiger partial charge on any atom is 0.308 e. The highest BCUT2D eigenvalue weighted by Crippen LogP contribution is 2.11. The van der Waals surface area contributed by atoms with Crippen LogP contribution in [0.25, 0.3) is 0 Å². The van der Waals surface area contributed by atoms with E-state index in [1.807, 2.05) is 0 Å². The molecule has 0 heterocycles. The second kappa shape index (κ2) is 7.66. The molecule has 16 heavy (non-hydrogen) atoms. The molecule has 0 rings (SSSR count). The van der Waals surface area contributed by atoms with E-state index in [0.29, 0.717) is 0 Å². The second-order valence-electron chi connectivity index (χ2n) is 5.16. The zero-order valence-electron chi connectivity index (χ0n) is 12.1. The van der Waals surface area contributed by atoms with E-state index in [-0.39, 0.29) is 0 Å². The lowest BCUT2D eigenvalue weighted by Gasteiger charge is -2.34. The Bertz CT molecular complexity index is 173. The lowest BCUT2D eigenvalue weighted by molar-refractivity contribution is -0.921. The minimum Gasteiger partial charge on any atom is -0.481 e. The third-order valence-electron chi connectivity index (χ3n) is 3.32. The van der Waals surface area contributed by atoms with Gasteiger partial charge in [-0.1, -0.05) is 0 Å². The molecule has 0 aliphatic rings. The van der Waals surface area contributed by atoms with Gasteiger partial charge < -0.3 is 9.59 Å². The molecule has 0 saturated heterocycles. The van der Waals surface area contributed by atoms with Gasteiger partial charge in [-0.15, -0.1) is 0 Å². The molecule has 0 amide bonds. The van der Waals surface area contributed by atoms with Crippen LogP contribution >= 0.6 is 0 Å². The monoisotopic (exact) mass is 232 g/mol. The molecule has 0 atom stereocenters. The van der Waals surface area contributed by atoms with Gasteiger partial charge in [0.1, 0.15) is 0 Å². The van der Waals surface area contributed by atoms with E-state index in [2.05, 4.69) is 27.7 Å². The van der Waals surface area contributed by atoms with Crippen LogP contribution in [-0.2, 0) is 4.79 Å². The predicted octanol–water partition coefficient (Wildman–Crippen LogP) is 3.00. The van der Waals surface area contributed by atoms with Crippen LogP contribution in [0.3, 0.4) is 0 Å². The van der Waals surface area contributed by atoms with Crippen LogP contribution in [0.2, 0.25) is 0 Å². The molecule has 0 aromatic carbocycles. The fraction of sp³-hybridized carbons (Fsp3) is 0.923. The van der Waals surface area contributed by atoms with Gasteiger partial charge >= 0.3 is 5.97 Å². The van der Waals surface area contributed by atoms with Crippen molar-refractivity contribution in [3.8, 4) is 0 Å². The van der Waals surface area contributed by atoms with E-state index >= 15 is 0 Å². The molecule has 0 spiro atoms. The Hall–Kier alpha value is -0.570. The van der Waals surface area contributed by atoms with Gasteiger partial charge in [0, 0.05) is 0 Å². The summed E-state index contributed by atoms with van der Waals surface area (Å²) in [6.45, 7) is 19.2. The summed E-state index contributed by atoms with van der Waals surface area (Å²) in [5, 5.41) is 8.25. The number of carboxylic acids is 1. The van der Waals surface area contributed by atoms with Gasteiger partial charge in [-0.05, 0) is 48.5 Å². The van der Waals surface area contributed by atoms with Crippen molar-refractivity contribution in [2.75, 3.05) is 26.2 Å². The van der Waals surface area contributed by atoms with Gasteiger partial charge in [0.25, 0.3) is 0 Å². The Morgan fingerprint density at radius 2 is 1.12 bits per heavy atom. The molecular formula is C13H30NO2+. The predicted molar refractivity (Wildman–Crippen MR) is 69.5 cm³/mol. The summed E-state index contributed by atoms with van der Waals surface area (Å²) in [6.07, 6.45) is 0. The summed E-state index contributed by atoms with van der Waals surface area (Å²) in [5.41, 5.74) is -0.583. The second-order valence-corrected chi connectivity index (χ2v) is 5.16. The van der Waals surface area contributed by atoms with Gasteiger partial charge in [0.05, 0.1) is 31.6 Å². The molecule has 0 fully saturated rings. The summed E-state index contributed by atoms with van der Waals surface area (Å²) in [6, 6.07) is 0. The first kappa shape index (κ1) is 17.8. The van der Waals surface area contributed by atoms with Crippen molar-refractivity contribution in [1.82, 2.24) is 0 Å². The van der Waals surface area contributed by atoms with Crippen LogP contribution in [0.15, 0.2) is 0 Å². The Kier molecular flexibility index (Phi) is 8.53. The van der Waals surface area contributed by atoms with Gasteiger partial charge in [0.15, 0.2) is 0 Å². The van der Waals surface area contributed by atoms with Crippen LogP contribution in [0, 0.1) is 5.41 Å². The van der Waals surface area contributed by atoms with Crippen LogP contribution in [-0.4, -0.2) is 41.7 Å². The number of nitrogens with zero attached hydrogens (tertiary/aromatic N) is 1. The van der Waals surface area contributed by atoms with Crippen LogP contribution in [0.5, 0.6) is 0 Å². The van der Waals surface area contributed by atoms with Crippen molar-refractivity contribution in [3.05, 3.63) is 0 Å². The topological polar surface area (TPSA) is 37.3 Å². The minimum absolute atomic E-state index is 0.583. The number of carbonyl (C=O) groups is 1. The molecule has 0 aromatic rings. The normalized spacial score (nSPS) is 11.7. The van der Waals surface area contributed by atoms with E-state index in [1.54, 1.807) is 20.8 Å². The lowest BCUT2D eigenvalue weighted by Crippen LogP contribution is -2.47. The third kappa shape index (κ3) is 6.83. The molecule has 0 unspecified atom stereocenters. The van der Waals surface area contributed by atoms with Crippen molar-refractivity contribution < 1.29 is 14.4 Å².